The zero-order valence-electron chi connectivity index (χ0n) is 23.6. The fraction of sp³-hybridized carbons (Fsp3) is 0.176. The first kappa shape index (κ1) is 29.0. The van der Waals surface area contributed by atoms with E-state index >= 15 is 0 Å². The Morgan fingerprint density at radius 2 is 1.77 bits per heavy atom. The fourth-order valence-electron chi connectivity index (χ4n) is 4.73. The summed E-state index contributed by atoms with van der Waals surface area (Å²) in [6, 6.07) is 25.5. The lowest BCUT2D eigenvalue weighted by molar-refractivity contribution is 0.0730. The van der Waals surface area contributed by atoms with E-state index in [1.54, 1.807) is 78.9 Å². The highest BCUT2D eigenvalue weighted by molar-refractivity contribution is 5.94. The molecule has 1 aliphatic rings. The Kier molecular flexibility index (Phi) is 8.77. The van der Waals surface area contributed by atoms with Crippen LogP contribution >= 0.6 is 0 Å². The summed E-state index contributed by atoms with van der Waals surface area (Å²) in [5.74, 6) is 0.180. The van der Waals surface area contributed by atoms with E-state index < -0.39 is 11.9 Å². The van der Waals surface area contributed by atoms with E-state index in [9.17, 15) is 14.4 Å². The summed E-state index contributed by atoms with van der Waals surface area (Å²) < 4.78 is 42.7. The second-order valence-corrected chi connectivity index (χ2v) is 9.65. The minimum absolute atomic E-state index is 0.00940. The molecule has 0 aromatic heterocycles. The van der Waals surface area contributed by atoms with E-state index in [2.05, 4.69) is 6.07 Å². The zero-order valence-corrected chi connectivity index (χ0v) is 23.6. The van der Waals surface area contributed by atoms with Gasteiger partial charge in [-0.2, -0.15) is 5.26 Å². The van der Waals surface area contributed by atoms with Crippen LogP contribution in [0.1, 0.15) is 46.3 Å². The fourth-order valence-corrected chi connectivity index (χ4v) is 4.73. The molecule has 8 nitrogen and oxygen atoms in total. The lowest BCUT2D eigenvalue weighted by atomic mass is 9.83. The van der Waals surface area contributed by atoms with Gasteiger partial charge < -0.3 is 29.4 Å². The zero-order chi connectivity index (χ0) is 30.3. The van der Waals surface area contributed by atoms with Crippen molar-refractivity contribution in [2.24, 2.45) is 5.73 Å². The second kappa shape index (κ2) is 13.0. The van der Waals surface area contributed by atoms with Crippen molar-refractivity contribution in [1.29, 1.82) is 5.26 Å². The second-order valence-electron chi connectivity index (χ2n) is 9.65. The molecule has 43 heavy (non-hydrogen) atoms. The van der Waals surface area contributed by atoms with Crippen molar-refractivity contribution in [3.63, 3.8) is 0 Å². The molecule has 0 amide bonds. The predicted octanol–water partition coefficient (Wildman–Crippen LogP) is 6.64. The van der Waals surface area contributed by atoms with Crippen LogP contribution in [0.2, 0.25) is 0 Å². The van der Waals surface area contributed by atoms with Gasteiger partial charge >= 0.3 is 5.97 Å². The number of nitrogens with zero attached hydrogens (tertiary/aromatic N) is 1. The van der Waals surface area contributed by atoms with E-state index in [1.807, 2.05) is 6.92 Å². The van der Waals surface area contributed by atoms with Crippen molar-refractivity contribution in [3.8, 4) is 34.8 Å². The summed E-state index contributed by atoms with van der Waals surface area (Å²) in [5, 5.41) is 9.98. The molecule has 5 rings (SSSR count). The molecule has 9 heteroatoms. The van der Waals surface area contributed by atoms with E-state index in [-0.39, 0.29) is 29.6 Å². The van der Waals surface area contributed by atoms with Crippen molar-refractivity contribution in [1.82, 2.24) is 0 Å². The number of fused-ring (bicyclic) bond motifs is 1. The summed E-state index contributed by atoms with van der Waals surface area (Å²) in [4.78, 5) is 13.0. The third-order valence-corrected chi connectivity index (χ3v) is 6.83. The number of carbonyl (C=O) groups excluding carboxylic acids is 1. The van der Waals surface area contributed by atoms with Crippen molar-refractivity contribution in [2.75, 3.05) is 13.7 Å². The SMILES string of the molecule is CCCOc1ccccc1C(=O)Oc1ccc2c(c1)OC(N)=C(C#N)C2c1ccc(OCc2ccccc2F)c(OC)c1. The van der Waals surface area contributed by atoms with Crippen LogP contribution in [0, 0.1) is 17.1 Å². The van der Waals surface area contributed by atoms with Crippen LogP contribution in [0.15, 0.2) is 96.4 Å². The molecule has 1 aliphatic heterocycles. The smallest absolute Gasteiger partial charge is 0.347 e. The van der Waals surface area contributed by atoms with Gasteiger partial charge in [0.15, 0.2) is 11.5 Å². The van der Waals surface area contributed by atoms with Gasteiger partial charge in [-0.15, -0.1) is 0 Å². The lowest BCUT2D eigenvalue weighted by Gasteiger charge is -2.27. The number of rotatable bonds is 10. The van der Waals surface area contributed by atoms with Gasteiger partial charge in [-0.05, 0) is 48.4 Å². The first-order chi connectivity index (χ1) is 20.9. The van der Waals surface area contributed by atoms with Gasteiger partial charge in [-0.25, -0.2) is 9.18 Å². The maximum absolute atomic E-state index is 14.1. The van der Waals surface area contributed by atoms with E-state index in [4.69, 9.17) is 29.4 Å². The standard InChI is InChI=1S/C34H29FN2O6/c1-3-16-40-28-11-7-5-9-25(28)34(38)42-23-13-14-24-30(18-23)43-33(37)26(19-36)32(24)21-12-15-29(31(17-21)39-2)41-20-22-8-4-6-10-27(22)35/h4-15,17-18,32H,3,16,20,37H2,1-2H3. The highest BCUT2D eigenvalue weighted by Gasteiger charge is 2.32. The van der Waals surface area contributed by atoms with Gasteiger partial charge in [-0.1, -0.05) is 49.4 Å². The Hall–Kier alpha value is -5.49. The molecule has 1 atom stereocenters. The number of nitriles is 1. The largest absolute Gasteiger partial charge is 0.493 e. The number of ether oxygens (including phenoxy) is 5. The van der Waals surface area contributed by atoms with Gasteiger partial charge in [-0.3, -0.25) is 0 Å². The van der Waals surface area contributed by atoms with Crippen molar-refractivity contribution in [3.05, 3.63) is 124 Å². The Morgan fingerprint density at radius 3 is 2.53 bits per heavy atom. The van der Waals surface area contributed by atoms with Gasteiger partial charge in [0.1, 0.15) is 46.9 Å². The summed E-state index contributed by atoms with van der Waals surface area (Å²) in [5.41, 5.74) is 8.42. The number of allylic oxidation sites excluding steroid dienone is 1. The van der Waals surface area contributed by atoms with Crippen LogP contribution in [-0.2, 0) is 6.61 Å². The number of hydrogen-bond donors (Lipinski definition) is 1. The number of esters is 1. The van der Waals surface area contributed by atoms with Crippen molar-refractivity contribution >= 4 is 5.97 Å². The number of benzene rings is 4. The van der Waals surface area contributed by atoms with Gasteiger partial charge in [0.2, 0.25) is 5.88 Å². The maximum Gasteiger partial charge on any atom is 0.347 e. The van der Waals surface area contributed by atoms with Crippen LogP contribution in [0.3, 0.4) is 0 Å². The minimum atomic E-state index is -0.601. The summed E-state index contributed by atoms with van der Waals surface area (Å²) in [6.07, 6.45) is 0.793. The third-order valence-electron chi connectivity index (χ3n) is 6.83. The molecular weight excluding hydrogens is 551 g/mol. The Balaban J connectivity index is 1.42. The lowest BCUT2D eigenvalue weighted by Crippen LogP contribution is -2.21. The van der Waals surface area contributed by atoms with Crippen LogP contribution < -0.4 is 29.4 Å². The number of methoxy groups -OCH3 is 1. The van der Waals surface area contributed by atoms with Crippen molar-refractivity contribution in [2.45, 2.75) is 25.9 Å². The number of halogens is 1. The molecule has 0 aliphatic carbocycles. The molecule has 4 aromatic rings. The van der Waals surface area contributed by atoms with E-state index in [0.29, 0.717) is 51.9 Å². The molecule has 0 spiro atoms. The molecular formula is C34H29FN2O6. The highest BCUT2D eigenvalue weighted by atomic mass is 19.1. The summed E-state index contributed by atoms with van der Waals surface area (Å²) in [6.45, 7) is 2.45. The normalized spacial score (nSPS) is 13.8. The molecule has 0 fully saturated rings. The van der Waals surface area contributed by atoms with Crippen LogP contribution in [0.4, 0.5) is 4.39 Å². The minimum Gasteiger partial charge on any atom is -0.493 e. The molecule has 218 valence electrons. The topological polar surface area (TPSA) is 113 Å². The molecule has 2 N–H and O–H groups in total. The van der Waals surface area contributed by atoms with Gasteiger partial charge in [0.25, 0.3) is 0 Å². The third kappa shape index (κ3) is 6.23. The highest BCUT2D eigenvalue weighted by Crippen LogP contribution is 2.45. The molecule has 0 radical (unpaired) electrons. The summed E-state index contributed by atoms with van der Waals surface area (Å²) >= 11 is 0. The number of nitrogens with two attached hydrogens (primary N) is 1. The molecule has 0 saturated heterocycles. The van der Waals surface area contributed by atoms with E-state index in [0.717, 1.165) is 6.42 Å². The first-order valence-corrected chi connectivity index (χ1v) is 13.6. The monoisotopic (exact) mass is 580 g/mol. The number of para-hydroxylation sites is 1. The molecule has 0 bridgehead atoms. The Morgan fingerprint density at radius 1 is 0.977 bits per heavy atom. The average Bonchev–Trinajstić information content (AvgIpc) is 3.02. The molecule has 1 unspecified atom stereocenters. The predicted molar refractivity (Wildman–Crippen MR) is 157 cm³/mol. The van der Waals surface area contributed by atoms with Gasteiger partial charge in [0, 0.05) is 17.2 Å². The van der Waals surface area contributed by atoms with Gasteiger partial charge in [0.05, 0.1) is 19.6 Å². The average molecular weight is 581 g/mol. The van der Waals surface area contributed by atoms with Crippen LogP contribution in [-0.4, -0.2) is 19.7 Å². The number of hydrogen-bond acceptors (Lipinski definition) is 8. The maximum atomic E-state index is 14.1. The van der Waals surface area contributed by atoms with Crippen molar-refractivity contribution < 1.29 is 32.9 Å². The Labute approximate surface area is 248 Å². The van der Waals surface area contributed by atoms with Crippen LogP contribution in [0.25, 0.3) is 0 Å². The molecule has 1 heterocycles. The molecule has 0 saturated carbocycles. The Bertz CT molecular complexity index is 1730. The number of carbonyl (C=O) groups is 1. The van der Waals surface area contributed by atoms with E-state index in [1.165, 1.54) is 13.2 Å². The quantitative estimate of drug-likeness (QED) is 0.164. The first-order valence-electron chi connectivity index (χ1n) is 13.6. The van der Waals surface area contributed by atoms with Crippen LogP contribution in [0.5, 0.6) is 28.7 Å². The molecule has 4 aromatic carbocycles. The summed E-state index contributed by atoms with van der Waals surface area (Å²) in [7, 11) is 1.49.